The van der Waals surface area contributed by atoms with Crippen LogP contribution in [-0.2, 0) is 9.59 Å². The number of benzene rings is 1. The van der Waals surface area contributed by atoms with Crippen molar-refractivity contribution in [3.8, 4) is 5.75 Å². The number of likely N-dealkylation sites (tertiary alicyclic amines) is 2. The number of methoxy groups -OCH3 is 1. The van der Waals surface area contributed by atoms with Crippen LogP contribution >= 0.6 is 0 Å². The van der Waals surface area contributed by atoms with Crippen LogP contribution < -0.4 is 4.74 Å². The minimum Gasteiger partial charge on any atom is -0.497 e. The van der Waals surface area contributed by atoms with Crippen LogP contribution in [0.3, 0.4) is 0 Å². The second kappa shape index (κ2) is 7.86. The second-order valence-electron chi connectivity index (χ2n) is 6.86. The Hall–Kier alpha value is -2.41. The van der Waals surface area contributed by atoms with Gasteiger partial charge in [-0.05, 0) is 56.6 Å². The summed E-state index contributed by atoms with van der Waals surface area (Å²) in [6.07, 6.45) is 2.09. The van der Waals surface area contributed by atoms with Gasteiger partial charge in [0.1, 0.15) is 12.3 Å². The number of piperidine rings is 1. The maximum absolute atomic E-state index is 12.7. The van der Waals surface area contributed by atoms with Gasteiger partial charge in [0, 0.05) is 18.0 Å². The predicted molar refractivity (Wildman–Crippen MR) is 94.2 cm³/mol. The SMILES string of the molecule is COc1ccc(C(=O)C2CCN(C3CCN(CC(=O)O)C3=O)CC2)cc1. The van der Waals surface area contributed by atoms with Gasteiger partial charge < -0.3 is 14.7 Å². The molecule has 0 radical (unpaired) electrons. The Morgan fingerprint density at radius 1 is 1.12 bits per heavy atom. The van der Waals surface area contributed by atoms with E-state index in [1.54, 1.807) is 31.4 Å². The van der Waals surface area contributed by atoms with Crippen LogP contribution in [-0.4, -0.2) is 71.9 Å². The van der Waals surface area contributed by atoms with Crippen molar-refractivity contribution in [3.63, 3.8) is 0 Å². The van der Waals surface area contributed by atoms with E-state index in [0.29, 0.717) is 44.5 Å². The van der Waals surface area contributed by atoms with Crippen molar-refractivity contribution in [2.75, 3.05) is 33.3 Å². The van der Waals surface area contributed by atoms with E-state index in [0.717, 1.165) is 5.75 Å². The zero-order valence-corrected chi connectivity index (χ0v) is 14.9. The van der Waals surface area contributed by atoms with E-state index in [1.165, 1.54) is 4.90 Å². The van der Waals surface area contributed by atoms with E-state index >= 15 is 0 Å². The molecule has 0 aliphatic carbocycles. The third-order valence-corrected chi connectivity index (χ3v) is 5.31. The molecule has 3 rings (SSSR count). The number of aliphatic carboxylic acids is 1. The maximum atomic E-state index is 12.7. The molecule has 0 spiro atoms. The number of hydrogen-bond donors (Lipinski definition) is 1. The van der Waals surface area contributed by atoms with Crippen molar-refractivity contribution in [3.05, 3.63) is 29.8 Å². The molecule has 140 valence electrons. The van der Waals surface area contributed by atoms with E-state index in [1.807, 2.05) is 0 Å². The number of ketones is 1. The first-order valence-corrected chi connectivity index (χ1v) is 8.92. The normalized spacial score (nSPS) is 21.8. The van der Waals surface area contributed by atoms with E-state index in [2.05, 4.69) is 4.90 Å². The summed E-state index contributed by atoms with van der Waals surface area (Å²) in [5.74, 6) is -0.263. The van der Waals surface area contributed by atoms with Gasteiger partial charge in [-0.2, -0.15) is 0 Å². The van der Waals surface area contributed by atoms with Gasteiger partial charge >= 0.3 is 5.97 Å². The van der Waals surface area contributed by atoms with Crippen molar-refractivity contribution in [1.29, 1.82) is 0 Å². The number of carboxylic acid groups (broad SMARTS) is 1. The molecular weight excluding hydrogens is 336 g/mol. The average molecular weight is 360 g/mol. The van der Waals surface area contributed by atoms with E-state index < -0.39 is 5.97 Å². The maximum Gasteiger partial charge on any atom is 0.323 e. The Morgan fingerprint density at radius 3 is 2.35 bits per heavy atom. The van der Waals surface area contributed by atoms with Crippen molar-refractivity contribution in [2.24, 2.45) is 5.92 Å². The summed E-state index contributed by atoms with van der Waals surface area (Å²) in [7, 11) is 1.59. The van der Waals surface area contributed by atoms with E-state index in [4.69, 9.17) is 9.84 Å². The molecule has 1 aromatic carbocycles. The lowest BCUT2D eigenvalue weighted by molar-refractivity contribution is -0.144. The van der Waals surface area contributed by atoms with Crippen LogP contribution in [0.2, 0.25) is 0 Å². The zero-order chi connectivity index (χ0) is 18.7. The van der Waals surface area contributed by atoms with Gasteiger partial charge in [0.15, 0.2) is 5.78 Å². The summed E-state index contributed by atoms with van der Waals surface area (Å²) in [5, 5.41) is 8.87. The summed E-state index contributed by atoms with van der Waals surface area (Å²) in [4.78, 5) is 39.4. The number of ether oxygens (including phenoxy) is 1. The van der Waals surface area contributed by atoms with Crippen molar-refractivity contribution >= 4 is 17.7 Å². The van der Waals surface area contributed by atoms with Crippen molar-refractivity contribution in [1.82, 2.24) is 9.80 Å². The van der Waals surface area contributed by atoms with Crippen LogP contribution in [0.4, 0.5) is 0 Å². The van der Waals surface area contributed by atoms with Crippen LogP contribution in [0.25, 0.3) is 0 Å². The first kappa shape index (κ1) is 18.4. The lowest BCUT2D eigenvalue weighted by Crippen LogP contribution is -2.47. The van der Waals surface area contributed by atoms with Crippen LogP contribution in [0.1, 0.15) is 29.6 Å². The molecular formula is C19H24N2O5. The molecule has 7 heteroatoms. The molecule has 2 fully saturated rings. The first-order chi connectivity index (χ1) is 12.5. The fraction of sp³-hybridized carbons (Fsp3) is 0.526. The second-order valence-corrected chi connectivity index (χ2v) is 6.86. The third-order valence-electron chi connectivity index (χ3n) is 5.31. The lowest BCUT2D eigenvalue weighted by Gasteiger charge is -2.34. The Labute approximate surface area is 152 Å². The van der Waals surface area contributed by atoms with Crippen LogP contribution in [0, 0.1) is 5.92 Å². The van der Waals surface area contributed by atoms with Gasteiger partial charge in [0.2, 0.25) is 5.91 Å². The smallest absolute Gasteiger partial charge is 0.323 e. The first-order valence-electron chi connectivity index (χ1n) is 8.92. The van der Waals surface area contributed by atoms with Gasteiger partial charge in [-0.15, -0.1) is 0 Å². The summed E-state index contributed by atoms with van der Waals surface area (Å²) in [6, 6.07) is 6.91. The van der Waals surface area contributed by atoms with Gasteiger partial charge in [-0.1, -0.05) is 0 Å². The highest BCUT2D eigenvalue weighted by Crippen LogP contribution is 2.27. The summed E-state index contributed by atoms with van der Waals surface area (Å²) < 4.78 is 5.12. The Morgan fingerprint density at radius 2 is 1.77 bits per heavy atom. The predicted octanol–water partition coefficient (Wildman–Crippen LogP) is 1.28. The molecule has 2 heterocycles. The molecule has 0 bridgehead atoms. The Balaban J connectivity index is 1.54. The number of carbonyl (C=O) groups excluding carboxylic acids is 2. The quantitative estimate of drug-likeness (QED) is 0.769. The monoisotopic (exact) mass is 360 g/mol. The number of rotatable bonds is 6. The van der Waals surface area contributed by atoms with Gasteiger partial charge in [0.05, 0.1) is 13.2 Å². The van der Waals surface area contributed by atoms with Gasteiger partial charge in [-0.3, -0.25) is 19.3 Å². The molecule has 1 aromatic rings. The Kier molecular flexibility index (Phi) is 5.56. The molecule has 0 saturated carbocycles. The zero-order valence-electron chi connectivity index (χ0n) is 14.9. The fourth-order valence-electron chi connectivity index (χ4n) is 3.85. The molecule has 1 N–H and O–H groups in total. The molecule has 1 atom stereocenters. The highest BCUT2D eigenvalue weighted by atomic mass is 16.5. The van der Waals surface area contributed by atoms with E-state index in [-0.39, 0.29) is 30.2 Å². The summed E-state index contributed by atoms with van der Waals surface area (Å²) in [6.45, 7) is 1.62. The number of nitrogens with zero attached hydrogens (tertiary/aromatic N) is 2. The van der Waals surface area contributed by atoms with Gasteiger partial charge in [0.25, 0.3) is 0 Å². The topological polar surface area (TPSA) is 87.2 Å². The third kappa shape index (κ3) is 3.88. The molecule has 26 heavy (non-hydrogen) atoms. The standard InChI is InChI=1S/C19H24N2O5/c1-26-15-4-2-13(3-5-15)18(24)14-6-9-20(10-7-14)16-8-11-21(19(16)25)12-17(22)23/h2-5,14,16H,6-12H2,1H3,(H,22,23). The minimum atomic E-state index is -0.984. The van der Waals surface area contributed by atoms with Crippen LogP contribution in [0.5, 0.6) is 5.75 Å². The van der Waals surface area contributed by atoms with Crippen molar-refractivity contribution < 1.29 is 24.2 Å². The Bertz CT molecular complexity index is 680. The molecule has 1 unspecified atom stereocenters. The molecule has 0 aromatic heterocycles. The summed E-state index contributed by atoms with van der Waals surface area (Å²) in [5.41, 5.74) is 0.689. The number of carboxylic acids is 1. The minimum absolute atomic E-state index is 0.0359. The fourth-order valence-corrected chi connectivity index (χ4v) is 3.85. The average Bonchev–Trinajstić information content (AvgIpc) is 3.01. The highest BCUT2D eigenvalue weighted by Gasteiger charge is 2.38. The molecule has 1 amide bonds. The number of carbonyl (C=O) groups is 3. The molecule has 2 aliphatic rings. The highest BCUT2D eigenvalue weighted by molar-refractivity contribution is 5.98. The number of amides is 1. The van der Waals surface area contributed by atoms with Crippen molar-refractivity contribution in [2.45, 2.75) is 25.3 Å². The number of Topliss-reactive ketones (excluding diaryl/α,β-unsaturated/α-hetero) is 1. The van der Waals surface area contributed by atoms with Crippen LogP contribution in [0.15, 0.2) is 24.3 Å². The number of hydrogen-bond acceptors (Lipinski definition) is 5. The molecule has 7 nitrogen and oxygen atoms in total. The van der Waals surface area contributed by atoms with Gasteiger partial charge in [-0.25, -0.2) is 0 Å². The lowest BCUT2D eigenvalue weighted by atomic mass is 9.88. The largest absolute Gasteiger partial charge is 0.497 e. The molecule has 2 aliphatic heterocycles. The van der Waals surface area contributed by atoms with E-state index in [9.17, 15) is 14.4 Å². The summed E-state index contributed by atoms with van der Waals surface area (Å²) >= 11 is 0. The molecule has 2 saturated heterocycles.